The summed E-state index contributed by atoms with van der Waals surface area (Å²) in [5, 5.41) is 0. The molecule has 3 aliphatic rings. The summed E-state index contributed by atoms with van der Waals surface area (Å²) in [5.41, 5.74) is -0.128. The topological polar surface area (TPSA) is 32.8 Å². The lowest BCUT2D eigenvalue weighted by Crippen LogP contribution is -2.47. The van der Waals surface area contributed by atoms with Gasteiger partial charge in [0, 0.05) is 38.5 Å². The van der Waals surface area contributed by atoms with Crippen molar-refractivity contribution in [1.29, 1.82) is 0 Å². The molecular weight excluding hydrogens is 369 g/mol. The summed E-state index contributed by atoms with van der Waals surface area (Å²) in [7, 11) is 0. The minimum absolute atomic E-state index is 0.164. The Labute approximate surface area is 163 Å². The number of rotatable bonds is 3. The average molecular weight is 396 g/mol. The minimum Gasteiger partial charge on any atom is -0.441 e. The quantitative estimate of drug-likeness (QED) is 0.734. The van der Waals surface area contributed by atoms with Gasteiger partial charge in [-0.15, -0.1) is 0 Å². The van der Waals surface area contributed by atoms with Crippen LogP contribution in [0.25, 0.3) is 0 Å². The van der Waals surface area contributed by atoms with E-state index in [0.717, 1.165) is 56.5 Å². The van der Waals surface area contributed by atoms with Gasteiger partial charge in [0.15, 0.2) is 0 Å². The molecule has 0 radical (unpaired) electrons. The second-order valence-corrected chi connectivity index (χ2v) is 8.44. The number of nitrogens with zero attached hydrogens (tertiary/aromatic N) is 2. The third-order valence-electron chi connectivity index (χ3n) is 6.47. The van der Waals surface area contributed by atoms with Crippen molar-refractivity contribution in [2.45, 2.75) is 69.3 Å². The molecule has 2 heterocycles. The number of carbonyl (C=O) groups excluding carboxylic acids is 1. The standard InChI is InChI=1S/C21H27F3N2O2/c22-21(23,24)17-8-6-16(7-9-17)14-25-12-10-20(11-13-25)15-26(19(27)28-20)18-4-2-1-3-5-18/h6-9,18H,1-5,10-15H2. The van der Waals surface area contributed by atoms with Crippen LogP contribution < -0.4 is 0 Å². The van der Waals surface area contributed by atoms with Crippen LogP contribution in [0.1, 0.15) is 56.1 Å². The van der Waals surface area contributed by atoms with Crippen molar-refractivity contribution in [1.82, 2.24) is 9.80 Å². The normalized spacial score (nSPS) is 24.0. The number of hydrogen-bond donors (Lipinski definition) is 0. The fourth-order valence-corrected chi connectivity index (χ4v) is 4.76. The molecule has 4 rings (SSSR count). The maximum atomic E-state index is 12.7. The van der Waals surface area contributed by atoms with Gasteiger partial charge in [0.1, 0.15) is 5.60 Å². The second kappa shape index (κ2) is 7.58. The van der Waals surface area contributed by atoms with Crippen molar-refractivity contribution in [3.8, 4) is 0 Å². The van der Waals surface area contributed by atoms with Crippen LogP contribution in [0.15, 0.2) is 24.3 Å². The van der Waals surface area contributed by atoms with Crippen molar-refractivity contribution < 1.29 is 22.7 Å². The molecular formula is C21H27F3N2O2. The Balaban J connectivity index is 1.31. The molecule has 0 unspecified atom stereocenters. The maximum absolute atomic E-state index is 12.7. The van der Waals surface area contributed by atoms with Crippen molar-refractivity contribution in [2.24, 2.45) is 0 Å². The molecule has 1 aliphatic carbocycles. The van der Waals surface area contributed by atoms with Gasteiger partial charge in [-0.05, 0) is 30.5 Å². The highest BCUT2D eigenvalue weighted by atomic mass is 19.4. The molecule has 1 spiro atoms. The molecule has 0 N–H and O–H groups in total. The van der Waals surface area contributed by atoms with E-state index >= 15 is 0 Å². The summed E-state index contributed by atoms with van der Waals surface area (Å²) in [4.78, 5) is 16.6. The first-order valence-corrected chi connectivity index (χ1v) is 10.2. The Kier molecular flexibility index (Phi) is 5.29. The third kappa shape index (κ3) is 4.14. The summed E-state index contributed by atoms with van der Waals surface area (Å²) in [6.07, 6.45) is 2.87. The summed E-state index contributed by atoms with van der Waals surface area (Å²) in [6.45, 7) is 2.87. The predicted molar refractivity (Wildman–Crippen MR) is 98.7 cm³/mol. The Hall–Kier alpha value is -1.76. The van der Waals surface area contributed by atoms with Crippen LogP contribution >= 0.6 is 0 Å². The van der Waals surface area contributed by atoms with Crippen molar-refractivity contribution in [2.75, 3.05) is 19.6 Å². The molecule has 0 aromatic heterocycles. The molecule has 3 fully saturated rings. The molecule has 1 aromatic carbocycles. The SMILES string of the molecule is O=C1OC2(CCN(Cc3ccc(C(F)(F)F)cc3)CC2)CN1C1CCCCC1. The first kappa shape index (κ1) is 19.6. The van der Waals surface area contributed by atoms with Gasteiger partial charge >= 0.3 is 12.3 Å². The molecule has 154 valence electrons. The van der Waals surface area contributed by atoms with Crippen LogP contribution in [0.4, 0.5) is 18.0 Å². The summed E-state index contributed by atoms with van der Waals surface area (Å²) >= 11 is 0. The zero-order valence-corrected chi connectivity index (χ0v) is 16.0. The maximum Gasteiger partial charge on any atom is 0.416 e. The van der Waals surface area contributed by atoms with Crippen molar-refractivity contribution in [3.05, 3.63) is 35.4 Å². The second-order valence-electron chi connectivity index (χ2n) is 8.44. The van der Waals surface area contributed by atoms with E-state index in [2.05, 4.69) is 4.90 Å². The number of alkyl halides is 3. The molecule has 2 aliphatic heterocycles. The Bertz CT molecular complexity index is 691. The van der Waals surface area contributed by atoms with E-state index in [1.54, 1.807) is 12.1 Å². The molecule has 0 bridgehead atoms. The van der Waals surface area contributed by atoms with Gasteiger partial charge in [0.25, 0.3) is 0 Å². The minimum atomic E-state index is -4.30. The highest BCUT2D eigenvalue weighted by Crippen LogP contribution is 2.37. The zero-order valence-electron chi connectivity index (χ0n) is 16.0. The van der Waals surface area contributed by atoms with Crippen LogP contribution in [0.2, 0.25) is 0 Å². The van der Waals surface area contributed by atoms with Crippen LogP contribution in [0.3, 0.4) is 0 Å². The number of benzene rings is 1. The van der Waals surface area contributed by atoms with Crippen LogP contribution in [0.5, 0.6) is 0 Å². The van der Waals surface area contributed by atoms with E-state index < -0.39 is 11.7 Å². The number of amides is 1. The number of likely N-dealkylation sites (tertiary alicyclic amines) is 1. The number of halogens is 3. The van der Waals surface area contributed by atoms with E-state index in [4.69, 9.17) is 4.74 Å². The molecule has 4 nitrogen and oxygen atoms in total. The molecule has 1 amide bonds. The summed E-state index contributed by atoms with van der Waals surface area (Å²) in [5.74, 6) is 0. The lowest BCUT2D eigenvalue weighted by atomic mass is 9.89. The van der Waals surface area contributed by atoms with E-state index in [1.807, 2.05) is 4.90 Å². The Morgan fingerprint density at radius 2 is 1.68 bits per heavy atom. The largest absolute Gasteiger partial charge is 0.441 e. The molecule has 2 saturated heterocycles. The Morgan fingerprint density at radius 1 is 1.04 bits per heavy atom. The fourth-order valence-electron chi connectivity index (χ4n) is 4.76. The number of carbonyl (C=O) groups is 1. The summed E-state index contributed by atoms with van der Waals surface area (Å²) < 4.78 is 43.9. The highest BCUT2D eigenvalue weighted by Gasteiger charge is 2.48. The van der Waals surface area contributed by atoms with Gasteiger partial charge in [-0.1, -0.05) is 31.4 Å². The molecule has 0 atom stereocenters. The van der Waals surface area contributed by atoms with Gasteiger partial charge in [0.2, 0.25) is 0 Å². The van der Waals surface area contributed by atoms with Gasteiger partial charge in [-0.2, -0.15) is 13.2 Å². The molecule has 1 aromatic rings. The highest BCUT2D eigenvalue weighted by molar-refractivity contribution is 5.71. The monoisotopic (exact) mass is 396 g/mol. The van der Waals surface area contributed by atoms with E-state index in [-0.39, 0.29) is 11.7 Å². The van der Waals surface area contributed by atoms with Gasteiger partial charge in [-0.3, -0.25) is 4.90 Å². The first-order valence-electron chi connectivity index (χ1n) is 10.2. The van der Waals surface area contributed by atoms with Crippen molar-refractivity contribution >= 4 is 6.09 Å². The molecule has 28 heavy (non-hydrogen) atoms. The lowest BCUT2D eigenvalue weighted by Gasteiger charge is -2.38. The molecule has 7 heteroatoms. The van der Waals surface area contributed by atoms with Crippen LogP contribution in [0, 0.1) is 0 Å². The van der Waals surface area contributed by atoms with E-state index in [0.29, 0.717) is 19.1 Å². The first-order chi connectivity index (χ1) is 13.3. The van der Waals surface area contributed by atoms with E-state index in [9.17, 15) is 18.0 Å². The van der Waals surface area contributed by atoms with Crippen molar-refractivity contribution in [3.63, 3.8) is 0 Å². The zero-order chi connectivity index (χ0) is 19.8. The number of ether oxygens (including phenoxy) is 1. The summed E-state index contributed by atoms with van der Waals surface area (Å²) in [6, 6.07) is 5.70. The van der Waals surface area contributed by atoms with Crippen LogP contribution in [-0.2, 0) is 17.5 Å². The van der Waals surface area contributed by atoms with Gasteiger partial charge < -0.3 is 9.64 Å². The fraction of sp³-hybridized carbons (Fsp3) is 0.667. The smallest absolute Gasteiger partial charge is 0.416 e. The lowest BCUT2D eigenvalue weighted by molar-refractivity contribution is -0.137. The van der Waals surface area contributed by atoms with Crippen LogP contribution in [-0.4, -0.2) is 47.2 Å². The number of piperidine rings is 1. The average Bonchev–Trinajstić information content (AvgIpc) is 3.00. The van der Waals surface area contributed by atoms with Gasteiger partial charge in [-0.25, -0.2) is 4.79 Å². The molecule has 1 saturated carbocycles. The van der Waals surface area contributed by atoms with Gasteiger partial charge in [0.05, 0.1) is 12.1 Å². The predicted octanol–water partition coefficient (Wildman–Crippen LogP) is 4.82. The third-order valence-corrected chi connectivity index (χ3v) is 6.47. The number of hydrogen-bond acceptors (Lipinski definition) is 3. The van der Waals surface area contributed by atoms with E-state index in [1.165, 1.54) is 19.3 Å². The Morgan fingerprint density at radius 3 is 2.29 bits per heavy atom.